The van der Waals surface area contributed by atoms with Crippen molar-refractivity contribution in [1.82, 2.24) is 4.98 Å². The molecule has 0 aromatic carbocycles. The third-order valence-electron chi connectivity index (χ3n) is 2.23. The number of pyridine rings is 1. The van der Waals surface area contributed by atoms with Crippen molar-refractivity contribution < 1.29 is 5.11 Å². The summed E-state index contributed by atoms with van der Waals surface area (Å²) in [6, 6.07) is 1.90. The Bertz CT molecular complexity index is 278. The number of nitrogens with zero attached hydrogens (tertiary/aromatic N) is 1. The SMILES string of the molecule is CCCC(O)CCc1ccncc1Cl. The second-order valence-electron chi connectivity index (χ2n) is 3.45. The second-order valence-corrected chi connectivity index (χ2v) is 3.86. The molecule has 2 nitrogen and oxygen atoms in total. The quantitative estimate of drug-likeness (QED) is 0.816. The van der Waals surface area contributed by atoms with Crippen LogP contribution in [0.1, 0.15) is 31.7 Å². The maximum absolute atomic E-state index is 9.54. The lowest BCUT2D eigenvalue weighted by atomic mass is 10.1. The molecule has 1 rings (SSSR count). The summed E-state index contributed by atoms with van der Waals surface area (Å²) in [6.45, 7) is 2.07. The van der Waals surface area contributed by atoms with Crippen LogP contribution in [0.15, 0.2) is 18.5 Å². The van der Waals surface area contributed by atoms with Gasteiger partial charge in [0.2, 0.25) is 0 Å². The van der Waals surface area contributed by atoms with E-state index in [0.717, 1.165) is 31.2 Å². The van der Waals surface area contributed by atoms with Crippen molar-refractivity contribution >= 4 is 11.6 Å². The highest BCUT2D eigenvalue weighted by atomic mass is 35.5. The molecule has 0 aliphatic carbocycles. The zero-order valence-electron chi connectivity index (χ0n) is 8.41. The Morgan fingerprint density at radius 1 is 1.50 bits per heavy atom. The third kappa shape index (κ3) is 3.64. The summed E-state index contributed by atoms with van der Waals surface area (Å²) in [5.41, 5.74) is 1.07. The molecule has 0 aliphatic rings. The highest BCUT2D eigenvalue weighted by Gasteiger charge is 2.05. The summed E-state index contributed by atoms with van der Waals surface area (Å²) in [6.07, 6.45) is 6.65. The summed E-state index contributed by atoms with van der Waals surface area (Å²) >= 11 is 5.94. The maximum atomic E-state index is 9.54. The van der Waals surface area contributed by atoms with Gasteiger partial charge >= 0.3 is 0 Å². The number of aliphatic hydroxyl groups is 1. The van der Waals surface area contributed by atoms with Crippen LogP contribution in [0, 0.1) is 0 Å². The van der Waals surface area contributed by atoms with Gasteiger partial charge in [-0.1, -0.05) is 24.9 Å². The Labute approximate surface area is 89.9 Å². The van der Waals surface area contributed by atoms with Crippen LogP contribution in [0.3, 0.4) is 0 Å². The van der Waals surface area contributed by atoms with Crippen molar-refractivity contribution in [3.63, 3.8) is 0 Å². The fraction of sp³-hybridized carbons (Fsp3) is 0.545. The first kappa shape index (κ1) is 11.5. The van der Waals surface area contributed by atoms with Crippen LogP contribution in [0.4, 0.5) is 0 Å². The van der Waals surface area contributed by atoms with E-state index >= 15 is 0 Å². The van der Waals surface area contributed by atoms with Gasteiger partial charge in [-0.15, -0.1) is 0 Å². The smallest absolute Gasteiger partial charge is 0.0621 e. The van der Waals surface area contributed by atoms with Gasteiger partial charge in [-0.3, -0.25) is 4.98 Å². The average Bonchev–Trinajstić information content (AvgIpc) is 2.17. The first-order valence-electron chi connectivity index (χ1n) is 5.00. The number of aryl methyl sites for hydroxylation is 1. The van der Waals surface area contributed by atoms with E-state index in [1.807, 2.05) is 6.07 Å². The standard InChI is InChI=1S/C11H16ClNO/c1-2-3-10(14)5-4-9-6-7-13-8-11(9)12/h6-8,10,14H,2-5H2,1H3. The van der Waals surface area contributed by atoms with E-state index in [9.17, 15) is 5.11 Å². The van der Waals surface area contributed by atoms with E-state index in [-0.39, 0.29) is 6.10 Å². The fourth-order valence-corrected chi connectivity index (χ4v) is 1.62. The summed E-state index contributed by atoms with van der Waals surface area (Å²) < 4.78 is 0. The summed E-state index contributed by atoms with van der Waals surface area (Å²) in [5.74, 6) is 0. The topological polar surface area (TPSA) is 33.1 Å². The van der Waals surface area contributed by atoms with E-state index in [2.05, 4.69) is 11.9 Å². The van der Waals surface area contributed by atoms with Crippen LogP contribution < -0.4 is 0 Å². The Hall–Kier alpha value is -0.600. The van der Waals surface area contributed by atoms with Crippen LogP contribution in [-0.4, -0.2) is 16.2 Å². The molecule has 0 aliphatic heterocycles. The monoisotopic (exact) mass is 213 g/mol. The first-order chi connectivity index (χ1) is 6.74. The molecule has 0 saturated carbocycles. The Kier molecular flexibility index (Phi) is 4.91. The fourth-order valence-electron chi connectivity index (χ4n) is 1.41. The Balaban J connectivity index is 2.41. The molecule has 0 bridgehead atoms. The van der Waals surface area contributed by atoms with Crippen LogP contribution in [0.25, 0.3) is 0 Å². The van der Waals surface area contributed by atoms with E-state index in [4.69, 9.17) is 11.6 Å². The molecule has 1 atom stereocenters. The number of halogens is 1. The zero-order chi connectivity index (χ0) is 10.4. The van der Waals surface area contributed by atoms with Crippen molar-refractivity contribution in [2.75, 3.05) is 0 Å². The van der Waals surface area contributed by atoms with E-state index < -0.39 is 0 Å². The Morgan fingerprint density at radius 2 is 2.29 bits per heavy atom. The summed E-state index contributed by atoms with van der Waals surface area (Å²) in [7, 11) is 0. The van der Waals surface area contributed by atoms with Crippen LogP contribution >= 0.6 is 11.6 Å². The van der Waals surface area contributed by atoms with Gasteiger partial charge in [0.25, 0.3) is 0 Å². The van der Waals surface area contributed by atoms with Crippen LogP contribution in [0.5, 0.6) is 0 Å². The average molecular weight is 214 g/mol. The van der Waals surface area contributed by atoms with Gasteiger partial charge in [-0.05, 0) is 30.9 Å². The predicted octanol–water partition coefficient (Wildman–Crippen LogP) is 2.83. The molecule has 78 valence electrons. The molecule has 0 spiro atoms. The lowest BCUT2D eigenvalue weighted by Gasteiger charge is -2.09. The summed E-state index contributed by atoms with van der Waals surface area (Å²) in [4.78, 5) is 3.91. The van der Waals surface area contributed by atoms with Gasteiger partial charge < -0.3 is 5.11 Å². The molecular formula is C11H16ClNO. The maximum Gasteiger partial charge on any atom is 0.0621 e. The zero-order valence-corrected chi connectivity index (χ0v) is 9.17. The second kappa shape index (κ2) is 5.99. The molecule has 14 heavy (non-hydrogen) atoms. The molecule has 0 fully saturated rings. The predicted molar refractivity (Wildman–Crippen MR) is 58.5 cm³/mol. The molecular weight excluding hydrogens is 198 g/mol. The molecule has 3 heteroatoms. The van der Waals surface area contributed by atoms with Gasteiger partial charge in [0, 0.05) is 12.4 Å². The number of hydrogen-bond acceptors (Lipinski definition) is 2. The van der Waals surface area contributed by atoms with Crippen molar-refractivity contribution in [2.45, 2.75) is 38.7 Å². The van der Waals surface area contributed by atoms with E-state index in [0.29, 0.717) is 5.02 Å². The lowest BCUT2D eigenvalue weighted by Crippen LogP contribution is -2.07. The molecule has 0 saturated heterocycles. The molecule has 0 radical (unpaired) electrons. The van der Waals surface area contributed by atoms with Crippen molar-refractivity contribution in [1.29, 1.82) is 0 Å². The molecule has 0 amide bonds. The highest BCUT2D eigenvalue weighted by molar-refractivity contribution is 6.31. The normalized spacial score (nSPS) is 12.8. The lowest BCUT2D eigenvalue weighted by molar-refractivity contribution is 0.154. The van der Waals surface area contributed by atoms with Gasteiger partial charge in [0.05, 0.1) is 11.1 Å². The minimum absolute atomic E-state index is 0.204. The van der Waals surface area contributed by atoms with Crippen LogP contribution in [0.2, 0.25) is 5.02 Å². The molecule has 1 aromatic rings. The van der Waals surface area contributed by atoms with E-state index in [1.165, 1.54) is 0 Å². The number of aliphatic hydroxyl groups excluding tert-OH is 1. The number of rotatable bonds is 5. The van der Waals surface area contributed by atoms with Gasteiger partial charge in [0.15, 0.2) is 0 Å². The minimum Gasteiger partial charge on any atom is -0.393 e. The van der Waals surface area contributed by atoms with Gasteiger partial charge in [-0.25, -0.2) is 0 Å². The first-order valence-corrected chi connectivity index (χ1v) is 5.38. The minimum atomic E-state index is -0.204. The number of aromatic nitrogens is 1. The third-order valence-corrected chi connectivity index (χ3v) is 2.57. The highest BCUT2D eigenvalue weighted by Crippen LogP contribution is 2.16. The van der Waals surface area contributed by atoms with Crippen LogP contribution in [-0.2, 0) is 6.42 Å². The van der Waals surface area contributed by atoms with Crippen molar-refractivity contribution in [3.05, 3.63) is 29.0 Å². The van der Waals surface area contributed by atoms with Gasteiger partial charge in [0.1, 0.15) is 0 Å². The number of hydrogen-bond donors (Lipinski definition) is 1. The Morgan fingerprint density at radius 3 is 2.93 bits per heavy atom. The molecule has 1 aromatic heterocycles. The van der Waals surface area contributed by atoms with E-state index in [1.54, 1.807) is 12.4 Å². The summed E-state index contributed by atoms with van der Waals surface area (Å²) in [5, 5.41) is 10.2. The molecule has 1 heterocycles. The van der Waals surface area contributed by atoms with Gasteiger partial charge in [-0.2, -0.15) is 0 Å². The van der Waals surface area contributed by atoms with Crippen molar-refractivity contribution in [3.8, 4) is 0 Å². The van der Waals surface area contributed by atoms with Crippen molar-refractivity contribution in [2.24, 2.45) is 0 Å². The largest absolute Gasteiger partial charge is 0.393 e. The molecule has 1 unspecified atom stereocenters. The molecule has 1 N–H and O–H groups in total.